The molecule has 0 aromatic carbocycles. The summed E-state index contributed by atoms with van der Waals surface area (Å²) in [5.74, 6) is 0.0535. The fourth-order valence-corrected chi connectivity index (χ4v) is 3.86. The lowest BCUT2D eigenvalue weighted by Gasteiger charge is -2.31. The standard InChI is InChI=1S/C19H30O6/c20-19(13-1-3-14(4-2-13)21-9-17-11-23-17)25-16-7-5-15(6-8-16)22-10-18-12-24-18/h13-18H,1-12H2. The van der Waals surface area contributed by atoms with E-state index in [-0.39, 0.29) is 24.1 Å². The van der Waals surface area contributed by atoms with Gasteiger partial charge >= 0.3 is 5.97 Å². The van der Waals surface area contributed by atoms with Crippen molar-refractivity contribution in [2.75, 3.05) is 26.4 Å². The van der Waals surface area contributed by atoms with E-state index >= 15 is 0 Å². The molecule has 0 aromatic rings. The Balaban J connectivity index is 1.10. The van der Waals surface area contributed by atoms with Gasteiger partial charge in [0.05, 0.1) is 44.6 Å². The molecule has 4 rings (SSSR count). The summed E-state index contributed by atoms with van der Waals surface area (Å²) in [4.78, 5) is 12.4. The summed E-state index contributed by atoms with van der Waals surface area (Å²) in [5, 5.41) is 0. The van der Waals surface area contributed by atoms with Crippen molar-refractivity contribution in [1.29, 1.82) is 0 Å². The minimum absolute atomic E-state index is 0.000255. The van der Waals surface area contributed by atoms with E-state index in [4.69, 9.17) is 23.7 Å². The molecule has 2 saturated heterocycles. The molecule has 25 heavy (non-hydrogen) atoms. The van der Waals surface area contributed by atoms with Gasteiger partial charge in [-0.3, -0.25) is 4.79 Å². The van der Waals surface area contributed by atoms with Gasteiger partial charge < -0.3 is 23.7 Å². The quantitative estimate of drug-likeness (QED) is 0.492. The highest BCUT2D eigenvalue weighted by molar-refractivity contribution is 5.72. The number of hydrogen-bond acceptors (Lipinski definition) is 6. The molecule has 2 unspecified atom stereocenters. The van der Waals surface area contributed by atoms with Crippen LogP contribution < -0.4 is 0 Å². The van der Waals surface area contributed by atoms with Crippen molar-refractivity contribution in [3.63, 3.8) is 0 Å². The van der Waals surface area contributed by atoms with Crippen molar-refractivity contribution in [2.24, 2.45) is 5.92 Å². The molecular formula is C19H30O6. The van der Waals surface area contributed by atoms with Crippen LogP contribution in [0.25, 0.3) is 0 Å². The summed E-state index contributed by atoms with van der Waals surface area (Å²) in [6, 6.07) is 0. The molecule has 2 atom stereocenters. The lowest BCUT2D eigenvalue weighted by atomic mass is 9.87. The number of ether oxygens (including phenoxy) is 5. The predicted octanol–water partition coefficient (Wildman–Crippen LogP) is 2.23. The summed E-state index contributed by atoms with van der Waals surface area (Å²) in [6.07, 6.45) is 8.79. The molecule has 4 aliphatic rings. The molecule has 142 valence electrons. The van der Waals surface area contributed by atoms with Gasteiger partial charge in [0, 0.05) is 0 Å². The van der Waals surface area contributed by atoms with E-state index in [0.29, 0.717) is 31.5 Å². The highest BCUT2D eigenvalue weighted by atomic mass is 16.6. The second-order valence-electron chi connectivity index (χ2n) is 7.89. The maximum absolute atomic E-state index is 12.4. The third kappa shape index (κ3) is 5.64. The number of rotatable bonds is 8. The van der Waals surface area contributed by atoms with Crippen molar-refractivity contribution in [2.45, 2.75) is 81.9 Å². The summed E-state index contributed by atoms with van der Waals surface area (Å²) < 4.78 is 27.8. The molecule has 0 spiro atoms. The van der Waals surface area contributed by atoms with E-state index in [2.05, 4.69) is 0 Å². The van der Waals surface area contributed by atoms with Crippen molar-refractivity contribution < 1.29 is 28.5 Å². The van der Waals surface area contributed by atoms with Crippen LogP contribution in [0.1, 0.15) is 51.4 Å². The zero-order valence-electron chi connectivity index (χ0n) is 14.9. The fourth-order valence-electron chi connectivity index (χ4n) is 3.86. The lowest BCUT2D eigenvalue weighted by Crippen LogP contribution is -2.33. The van der Waals surface area contributed by atoms with Crippen molar-refractivity contribution >= 4 is 5.97 Å². The molecule has 2 saturated carbocycles. The Labute approximate surface area is 149 Å². The Morgan fingerprint density at radius 1 is 0.720 bits per heavy atom. The van der Waals surface area contributed by atoms with E-state index in [1.807, 2.05) is 0 Å². The third-order valence-electron chi connectivity index (χ3n) is 5.75. The van der Waals surface area contributed by atoms with Gasteiger partial charge in [0.1, 0.15) is 18.3 Å². The van der Waals surface area contributed by atoms with Crippen LogP contribution in [0, 0.1) is 5.92 Å². The maximum atomic E-state index is 12.4. The van der Waals surface area contributed by atoms with E-state index < -0.39 is 0 Å². The highest BCUT2D eigenvalue weighted by Gasteiger charge is 2.33. The molecule has 0 bridgehead atoms. The van der Waals surface area contributed by atoms with Crippen molar-refractivity contribution in [3.8, 4) is 0 Å². The fraction of sp³-hybridized carbons (Fsp3) is 0.947. The van der Waals surface area contributed by atoms with E-state index in [1.165, 1.54) is 0 Å². The normalized spacial score (nSPS) is 40.5. The first kappa shape index (κ1) is 17.7. The molecule has 2 aliphatic heterocycles. The van der Waals surface area contributed by atoms with Crippen LogP contribution in [0.5, 0.6) is 0 Å². The number of epoxide rings is 2. The van der Waals surface area contributed by atoms with Crippen LogP contribution in [0.15, 0.2) is 0 Å². The van der Waals surface area contributed by atoms with E-state index in [1.54, 1.807) is 0 Å². The Kier molecular flexibility index (Phi) is 5.90. The SMILES string of the molecule is O=C(OC1CCC(OCC2CO2)CC1)C1CCC(OCC2CO2)CC1. The molecule has 6 heteroatoms. The summed E-state index contributed by atoms with van der Waals surface area (Å²) in [6.45, 7) is 3.10. The Hall–Kier alpha value is -0.690. The van der Waals surface area contributed by atoms with Crippen molar-refractivity contribution in [1.82, 2.24) is 0 Å². The Morgan fingerprint density at radius 3 is 1.64 bits per heavy atom. The maximum Gasteiger partial charge on any atom is 0.309 e. The Morgan fingerprint density at radius 2 is 1.16 bits per heavy atom. The first-order valence-electron chi connectivity index (χ1n) is 9.93. The molecule has 4 fully saturated rings. The summed E-state index contributed by atoms with van der Waals surface area (Å²) >= 11 is 0. The number of carbonyl (C=O) groups is 1. The number of hydrogen-bond donors (Lipinski definition) is 0. The summed E-state index contributed by atoms with van der Waals surface area (Å²) in [7, 11) is 0. The van der Waals surface area contributed by atoms with Gasteiger partial charge in [-0.05, 0) is 51.4 Å². The monoisotopic (exact) mass is 354 g/mol. The zero-order chi connectivity index (χ0) is 17.1. The van der Waals surface area contributed by atoms with E-state index in [9.17, 15) is 4.79 Å². The zero-order valence-corrected chi connectivity index (χ0v) is 14.9. The van der Waals surface area contributed by atoms with Crippen LogP contribution in [-0.2, 0) is 28.5 Å². The van der Waals surface area contributed by atoms with Crippen LogP contribution in [0.2, 0.25) is 0 Å². The van der Waals surface area contributed by atoms with Gasteiger partial charge in [-0.15, -0.1) is 0 Å². The molecule has 0 radical (unpaired) electrons. The second kappa shape index (κ2) is 8.33. The van der Waals surface area contributed by atoms with Crippen LogP contribution >= 0.6 is 0 Å². The van der Waals surface area contributed by atoms with Crippen molar-refractivity contribution in [3.05, 3.63) is 0 Å². The molecule has 6 nitrogen and oxygen atoms in total. The average molecular weight is 354 g/mol. The van der Waals surface area contributed by atoms with Gasteiger partial charge in [-0.2, -0.15) is 0 Å². The first-order valence-corrected chi connectivity index (χ1v) is 9.93. The topological polar surface area (TPSA) is 69.8 Å². The summed E-state index contributed by atoms with van der Waals surface area (Å²) in [5.41, 5.74) is 0. The highest BCUT2D eigenvalue weighted by Crippen LogP contribution is 2.30. The molecule has 0 aromatic heterocycles. The average Bonchev–Trinajstić information content (AvgIpc) is 3.55. The minimum atomic E-state index is -0.000255. The van der Waals surface area contributed by atoms with E-state index in [0.717, 1.165) is 64.6 Å². The smallest absolute Gasteiger partial charge is 0.309 e. The van der Waals surface area contributed by atoms with Crippen LogP contribution in [0.3, 0.4) is 0 Å². The first-order chi connectivity index (χ1) is 12.3. The minimum Gasteiger partial charge on any atom is -0.462 e. The van der Waals surface area contributed by atoms with Gasteiger partial charge in [0.2, 0.25) is 0 Å². The number of carbonyl (C=O) groups excluding carboxylic acids is 1. The largest absolute Gasteiger partial charge is 0.462 e. The number of esters is 1. The molecule has 0 amide bonds. The van der Waals surface area contributed by atoms with Gasteiger partial charge in [0.25, 0.3) is 0 Å². The molecule has 0 N–H and O–H groups in total. The lowest BCUT2D eigenvalue weighted by molar-refractivity contribution is -0.159. The molecule has 2 heterocycles. The van der Waals surface area contributed by atoms with Crippen LogP contribution in [-0.4, -0.2) is 62.9 Å². The molecular weight excluding hydrogens is 324 g/mol. The van der Waals surface area contributed by atoms with Crippen LogP contribution in [0.4, 0.5) is 0 Å². The molecule has 2 aliphatic carbocycles. The predicted molar refractivity (Wildman–Crippen MR) is 89.3 cm³/mol. The van der Waals surface area contributed by atoms with Gasteiger partial charge in [-0.25, -0.2) is 0 Å². The second-order valence-corrected chi connectivity index (χ2v) is 7.89. The van der Waals surface area contributed by atoms with Gasteiger partial charge in [0.15, 0.2) is 0 Å². The Bertz CT molecular complexity index is 431. The van der Waals surface area contributed by atoms with Gasteiger partial charge in [-0.1, -0.05) is 0 Å². The third-order valence-corrected chi connectivity index (χ3v) is 5.75.